The van der Waals surface area contributed by atoms with Crippen molar-refractivity contribution < 1.29 is 13.2 Å². The maximum absolute atomic E-state index is 12.4. The lowest BCUT2D eigenvalue weighted by Gasteiger charge is -2.14. The van der Waals surface area contributed by atoms with Crippen LogP contribution in [0.4, 0.5) is 5.69 Å². The molecule has 1 saturated carbocycles. The van der Waals surface area contributed by atoms with Gasteiger partial charge in [0, 0.05) is 4.47 Å². The summed E-state index contributed by atoms with van der Waals surface area (Å²) in [7, 11) is -3.62. The molecule has 6 heteroatoms. The second kappa shape index (κ2) is 6.93. The topological polar surface area (TPSA) is 55.4 Å². The summed E-state index contributed by atoms with van der Waals surface area (Å²) in [5.41, 5.74) is 0.513. The van der Waals surface area contributed by atoms with E-state index in [-0.39, 0.29) is 11.0 Å². The summed E-state index contributed by atoms with van der Waals surface area (Å²) in [6.07, 6.45) is 4.81. The maximum atomic E-state index is 12.4. The smallest absolute Gasteiger partial charge is 0.261 e. The van der Waals surface area contributed by atoms with Gasteiger partial charge in [0.05, 0.1) is 16.7 Å². The zero-order valence-corrected chi connectivity index (χ0v) is 14.9. The number of hydrogen-bond donors (Lipinski definition) is 1. The zero-order valence-electron chi connectivity index (χ0n) is 12.5. The van der Waals surface area contributed by atoms with Crippen molar-refractivity contribution >= 4 is 31.6 Å². The molecule has 2 aromatic carbocycles. The Morgan fingerprint density at radius 1 is 1.00 bits per heavy atom. The fourth-order valence-corrected chi connectivity index (χ4v) is 4.24. The summed E-state index contributed by atoms with van der Waals surface area (Å²) in [4.78, 5) is 0.215. The highest BCUT2D eigenvalue weighted by molar-refractivity contribution is 9.10. The van der Waals surface area contributed by atoms with Gasteiger partial charge in [0.2, 0.25) is 0 Å². The van der Waals surface area contributed by atoms with Crippen molar-refractivity contribution in [3.05, 3.63) is 53.0 Å². The van der Waals surface area contributed by atoms with Crippen LogP contribution in [0.1, 0.15) is 25.7 Å². The predicted molar refractivity (Wildman–Crippen MR) is 94.3 cm³/mol. The van der Waals surface area contributed by atoms with Gasteiger partial charge in [0.15, 0.2) is 0 Å². The van der Waals surface area contributed by atoms with Gasteiger partial charge < -0.3 is 4.74 Å². The molecule has 0 heterocycles. The molecule has 0 saturated heterocycles. The number of halogens is 1. The largest absolute Gasteiger partial charge is 0.490 e. The SMILES string of the molecule is O=S(=O)(Nc1ccccc1Br)c1ccc(OC2CCCC2)cc1. The molecule has 2 aromatic rings. The summed E-state index contributed by atoms with van der Waals surface area (Å²) >= 11 is 3.34. The van der Waals surface area contributed by atoms with E-state index in [1.807, 2.05) is 6.07 Å². The van der Waals surface area contributed by atoms with Crippen molar-refractivity contribution in [3.8, 4) is 5.75 Å². The van der Waals surface area contributed by atoms with Crippen LogP contribution >= 0.6 is 15.9 Å². The predicted octanol–water partition coefficient (Wildman–Crippen LogP) is 4.57. The molecule has 0 spiro atoms. The number of hydrogen-bond acceptors (Lipinski definition) is 3. The minimum atomic E-state index is -3.62. The Kier molecular flexibility index (Phi) is 4.92. The average Bonchev–Trinajstić information content (AvgIpc) is 3.03. The Morgan fingerprint density at radius 2 is 1.65 bits per heavy atom. The van der Waals surface area contributed by atoms with Crippen LogP contribution in [-0.4, -0.2) is 14.5 Å². The van der Waals surface area contributed by atoms with Crippen LogP contribution in [0.25, 0.3) is 0 Å². The Bertz CT molecular complexity index is 769. The van der Waals surface area contributed by atoms with E-state index in [1.54, 1.807) is 42.5 Å². The lowest BCUT2D eigenvalue weighted by Crippen LogP contribution is -2.14. The molecule has 0 radical (unpaired) electrons. The lowest BCUT2D eigenvalue weighted by atomic mass is 10.3. The van der Waals surface area contributed by atoms with E-state index in [0.717, 1.165) is 18.6 Å². The molecule has 122 valence electrons. The summed E-state index contributed by atoms with van der Waals surface area (Å²) < 4.78 is 34.0. The third-order valence-corrected chi connectivity index (χ3v) is 5.93. The monoisotopic (exact) mass is 395 g/mol. The van der Waals surface area contributed by atoms with E-state index in [0.29, 0.717) is 10.2 Å². The molecule has 23 heavy (non-hydrogen) atoms. The number of rotatable bonds is 5. The molecule has 0 aromatic heterocycles. The van der Waals surface area contributed by atoms with Crippen molar-refractivity contribution in [1.82, 2.24) is 0 Å². The summed E-state index contributed by atoms with van der Waals surface area (Å²) in [5, 5.41) is 0. The van der Waals surface area contributed by atoms with Gasteiger partial charge in [0.1, 0.15) is 5.75 Å². The van der Waals surface area contributed by atoms with Gasteiger partial charge in [-0.1, -0.05) is 12.1 Å². The van der Waals surface area contributed by atoms with Crippen molar-refractivity contribution in [2.75, 3.05) is 4.72 Å². The molecule has 3 rings (SSSR count). The quantitative estimate of drug-likeness (QED) is 0.806. The first kappa shape index (κ1) is 16.3. The van der Waals surface area contributed by atoms with Crippen molar-refractivity contribution in [3.63, 3.8) is 0 Å². The van der Waals surface area contributed by atoms with E-state index in [4.69, 9.17) is 4.74 Å². The van der Waals surface area contributed by atoms with Gasteiger partial charge in [-0.3, -0.25) is 4.72 Å². The summed E-state index contributed by atoms with van der Waals surface area (Å²) in [6, 6.07) is 13.7. The van der Waals surface area contributed by atoms with Gasteiger partial charge in [-0.25, -0.2) is 8.42 Å². The first-order valence-electron chi connectivity index (χ1n) is 7.59. The third kappa shape index (κ3) is 4.06. The molecule has 1 N–H and O–H groups in total. The average molecular weight is 396 g/mol. The van der Waals surface area contributed by atoms with Crippen LogP contribution in [0.2, 0.25) is 0 Å². The van der Waals surface area contributed by atoms with E-state index in [2.05, 4.69) is 20.7 Å². The van der Waals surface area contributed by atoms with Crippen LogP contribution in [-0.2, 0) is 10.0 Å². The minimum Gasteiger partial charge on any atom is -0.490 e. The molecule has 1 aliphatic rings. The molecule has 1 fully saturated rings. The molecule has 1 aliphatic carbocycles. The zero-order chi connectivity index (χ0) is 16.3. The third-order valence-electron chi connectivity index (χ3n) is 3.86. The molecule has 0 amide bonds. The highest BCUT2D eigenvalue weighted by Gasteiger charge is 2.18. The Hall–Kier alpha value is -1.53. The van der Waals surface area contributed by atoms with E-state index < -0.39 is 10.0 Å². The molecular weight excluding hydrogens is 378 g/mol. The second-order valence-electron chi connectivity index (χ2n) is 5.58. The maximum Gasteiger partial charge on any atom is 0.261 e. The van der Waals surface area contributed by atoms with Gasteiger partial charge >= 0.3 is 0 Å². The van der Waals surface area contributed by atoms with Crippen LogP contribution in [0, 0.1) is 0 Å². The number of para-hydroxylation sites is 1. The van der Waals surface area contributed by atoms with Crippen molar-refractivity contribution in [2.45, 2.75) is 36.7 Å². The lowest BCUT2D eigenvalue weighted by molar-refractivity contribution is 0.210. The summed E-state index contributed by atoms with van der Waals surface area (Å²) in [5.74, 6) is 0.719. The van der Waals surface area contributed by atoms with Crippen LogP contribution in [0.15, 0.2) is 57.9 Å². The minimum absolute atomic E-state index is 0.215. The molecule has 0 aliphatic heterocycles. The second-order valence-corrected chi connectivity index (χ2v) is 8.12. The number of anilines is 1. The van der Waals surface area contributed by atoms with Gasteiger partial charge in [-0.15, -0.1) is 0 Å². The summed E-state index contributed by atoms with van der Waals surface area (Å²) in [6.45, 7) is 0. The number of sulfonamides is 1. The normalized spacial score (nSPS) is 15.5. The number of benzene rings is 2. The Morgan fingerprint density at radius 3 is 2.30 bits per heavy atom. The number of nitrogens with one attached hydrogen (secondary N) is 1. The number of ether oxygens (including phenoxy) is 1. The Labute approximate surface area is 145 Å². The highest BCUT2D eigenvalue weighted by Crippen LogP contribution is 2.27. The van der Waals surface area contributed by atoms with E-state index in [1.165, 1.54) is 12.8 Å². The Balaban J connectivity index is 1.73. The van der Waals surface area contributed by atoms with Gasteiger partial charge in [-0.2, -0.15) is 0 Å². The van der Waals surface area contributed by atoms with Gasteiger partial charge in [-0.05, 0) is 78.0 Å². The fraction of sp³-hybridized carbons (Fsp3) is 0.294. The van der Waals surface area contributed by atoms with Crippen molar-refractivity contribution in [1.29, 1.82) is 0 Å². The van der Waals surface area contributed by atoms with Crippen LogP contribution < -0.4 is 9.46 Å². The van der Waals surface area contributed by atoms with Gasteiger partial charge in [0.25, 0.3) is 10.0 Å². The van der Waals surface area contributed by atoms with E-state index in [9.17, 15) is 8.42 Å². The molecular formula is C17H18BrNO3S. The molecule has 0 atom stereocenters. The fourth-order valence-electron chi connectivity index (χ4n) is 2.64. The van der Waals surface area contributed by atoms with E-state index >= 15 is 0 Å². The molecule has 0 unspecified atom stereocenters. The molecule has 4 nitrogen and oxygen atoms in total. The van der Waals surface area contributed by atoms with Crippen molar-refractivity contribution in [2.24, 2.45) is 0 Å². The molecule has 0 bridgehead atoms. The first-order chi connectivity index (χ1) is 11.0. The van der Waals surface area contributed by atoms with Crippen LogP contribution in [0.5, 0.6) is 5.75 Å². The first-order valence-corrected chi connectivity index (χ1v) is 9.86. The van der Waals surface area contributed by atoms with Crippen LogP contribution in [0.3, 0.4) is 0 Å². The highest BCUT2D eigenvalue weighted by atomic mass is 79.9. The standard InChI is InChI=1S/C17H18BrNO3S/c18-16-7-3-4-8-17(16)19-23(20,21)15-11-9-14(10-12-15)22-13-5-1-2-6-13/h3-4,7-13,19H,1-2,5-6H2.